The zero-order valence-corrected chi connectivity index (χ0v) is 14.3. The van der Waals surface area contributed by atoms with Gasteiger partial charge in [-0.25, -0.2) is 14.5 Å². The summed E-state index contributed by atoms with van der Waals surface area (Å²) in [6.45, 7) is 3.53. The summed E-state index contributed by atoms with van der Waals surface area (Å²) >= 11 is 0. The van der Waals surface area contributed by atoms with E-state index in [0.717, 1.165) is 0 Å². The van der Waals surface area contributed by atoms with Crippen LogP contribution in [0.2, 0.25) is 0 Å². The lowest BCUT2D eigenvalue weighted by Crippen LogP contribution is -2.17. The molecule has 3 aromatic rings. The van der Waals surface area contributed by atoms with E-state index in [1.165, 1.54) is 10.9 Å². The third kappa shape index (κ3) is 3.39. The van der Waals surface area contributed by atoms with Crippen LogP contribution >= 0.6 is 0 Å². The summed E-state index contributed by atoms with van der Waals surface area (Å²) in [5, 5.41) is 11.7. The molecule has 2 aromatic heterocycles. The highest BCUT2D eigenvalue weighted by Crippen LogP contribution is 2.16. The smallest absolute Gasteiger partial charge is 0.339 e. The van der Waals surface area contributed by atoms with Crippen LogP contribution in [0, 0.1) is 11.3 Å². The summed E-state index contributed by atoms with van der Waals surface area (Å²) in [5.74, 6) is -0.104. The highest BCUT2D eigenvalue weighted by Gasteiger charge is 2.13. The topological polar surface area (TPSA) is 101 Å². The molecule has 26 heavy (non-hydrogen) atoms. The second-order valence-electron chi connectivity index (χ2n) is 5.88. The van der Waals surface area contributed by atoms with Crippen LogP contribution in [0.25, 0.3) is 16.9 Å². The Hall–Kier alpha value is -3.66. The van der Waals surface area contributed by atoms with Gasteiger partial charge in [-0.3, -0.25) is 9.89 Å². The molecule has 0 unspecified atom stereocenters. The molecule has 0 saturated heterocycles. The van der Waals surface area contributed by atoms with Gasteiger partial charge in [-0.2, -0.15) is 5.26 Å². The second-order valence-corrected chi connectivity index (χ2v) is 5.88. The molecule has 0 aliphatic heterocycles. The van der Waals surface area contributed by atoms with Crippen LogP contribution in [-0.4, -0.2) is 26.8 Å². The van der Waals surface area contributed by atoms with Crippen molar-refractivity contribution in [3.63, 3.8) is 0 Å². The zero-order valence-electron chi connectivity index (χ0n) is 14.3. The van der Waals surface area contributed by atoms with Crippen LogP contribution in [0.1, 0.15) is 29.8 Å². The first-order valence-corrected chi connectivity index (χ1v) is 7.98. The number of nitrogens with zero attached hydrogens (tertiary/aromatic N) is 3. The van der Waals surface area contributed by atoms with Crippen LogP contribution in [0.15, 0.2) is 53.6 Å². The van der Waals surface area contributed by atoms with Gasteiger partial charge >= 0.3 is 5.97 Å². The highest BCUT2D eigenvalue weighted by atomic mass is 16.5. The summed E-state index contributed by atoms with van der Waals surface area (Å²) in [5.41, 5.74) is 1.71. The normalized spacial score (nSPS) is 10.5. The maximum atomic E-state index is 12.6. The molecule has 0 fully saturated rings. The van der Waals surface area contributed by atoms with Crippen LogP contribution in [-0.2, 0) is 4.74 Å². The van der Waals surface area contributed by atoms with E-state index >= 15 is 0 Å². The van der Waals surface area contributed by atoms with Crippen molar-refractivity contribution in [3.8, 4) is 23.0 Å². The van der Waals surface area contributed by atoms with Crippen molar-refractivity contribution in [2.75, 3.05) is 0 Å². The lowest BCUT2D eigenvalue weighted by Gasteiger charge is -2.07. The molecule has 7 nitrogen and oxygen atoms in total. The van der Waals surface area contributed by atoms with E-state index in [9.17, 15) is 9.59 Å². The Bertz CT molecular complexity index is 1020. The standard InChI is InChI=1S/C19H16N4O3/c1-12(2)26-19(25)15-7-8-17(21-10-15)23-18(24)16(11-22-23)14-5-3-13(9-20)4-6-14/h3-8,10-12,22H,1-2H3. The summed E-state index contributed by atoms with van der Waals surface area (Å²) in [6, 6.07) is 11.9. The molecule has 0 radical (unpaired) electrons. The monoisotopic (exact) mass is 348 g/mol. The van der Waals surface area contributed by atoms with Gasteiger partial charge in [-0.15, -0.1) is 0 Å². The number of aromatic nitrogens is 3. The molecule has 0 aliphatic carbocycles. The number of pyridine rings is 1. The van der Waals surface area contributed by atoms with Crippen molar-refractivity contribution in [2.45, 2.75) is 20.0 Å². The van der Waals surface area contributed by atoms with E-state index in [1.54, 1.807) is 56.4 Å². The van der Waals surface area contributed by atoms with Crippen LogP contribution < -0.4 is 5.56 Å². The van der Waals surface area contributed by atoms with Crippen molar-refractivity contribution >= 4 is 5.97 Å². The quantitative estimate of drug-likeness (QED) is 0.731. The van der Waals surface area contributed by atoms with Gasteiger partial charge in [0.15, 0.2) is 5.82 Å². The largest absolute Gasteiger partial charge is 0.459 e. The summed E-state index contributed by atoms with van der Waals surface area (Å²) < 4.78 is 6.39. The molecule has 1 aromatic carbocycles. The van der Waals surface area contributed by atoms with Gasteiger partial charge in [0.05, 0.1) is 28.9 Å². The van der Waals surface area contributed by atoms with Crippen LogP contribution in [0.5, 0.6) is 0 Å². The lowest BCUT2D eigenvalue weighted by atomic mass is 10.1. The van der Waals surface area contributed by atoms with E-state index in [-0.39, 0.29) is 11.7 Å². The molecule has 0 spiro atoms. The molecule has 2 heterocycles. The lowest BCUT2D eigenvalue weighted by molar-refractivity contribution is 0.0377. The van der Waals surface area contributed by atoms with Gasteiger partial charge in [0, 0.05) is 12.4 Å². The summed E-state index contributed by atoms with van der Waals surface area (Å²) in [4.78, 5) is 28.6. The molecule has 0 bridgehead atoms. The SMILES string of the molecule is CC(C)OC(=O)c1ccc(-n2[nH]cc(-c3ccc(C#N)cc3)c2=O)nc1. The number of hydrogen-bond acceptors (Lipinski definition) is 5. The average molecular weight is 348 g/mol. The van der Waals surface area contributed by atoms with E-state index in [4.69, 9.17) is 10.00 Å². The summed E-state index contributed by atoms with van der Waals surface area (Å²) in [7, 11) is 0. The number of benzene rings is 1. The molecule has 0 atom stereocenters. The van der Waals surface area contributed by atoms with E-state index in [0.29, 0.717) is 28.1 Å². The maximum Gasteiger partial charge on any atom is 0.339 e. The Morgan fingerprint density at radius 2 is 1.96 bits per heavy atom. The van der Waals surface area contributed by atoms with Gasteiger partial charge in [0.1, 0.15) is 0 Å². The van der Waals surface area contributed by atoms with E-state index in [2.05, 4.69) is 10.1 Å². The fourth-order valence-electron chi connectivity index (χ4n) is 2.39. The Labute approximate surface area is 149 Å². The fraction of sp³-hybridized carbons (Fsp3) is 0.158. The van der Waals surface area contributed by atoms with Gasteiger partial charge in [-0.05, 0) is 43.7 Å². The number of nitriles is 1. The third-order valence-corrected chi connectivity index (χ3v) is 3.65. The minimum absolute atomic E-state index is 0.219. The molecule has 130 valence electrons. The Kier molecular flexibility index (Phi) is 4.67. The molecule has 0 aliphatic rings. The molecule has 0 amide bonds. The number of ether oxygens (including phenoxy) is 1. The second kappa shape index (κ2) is 7.07. The van der Waals surface area contributed by atoms with Crippen molar-refractivity contribution in [1.82, 2.24) is 14.8 Å². The first-order chi connectivity index (χ1) is 12.5. The minimum Gasteiger partial charge on any atom is -0.459 e. The Balaban J connectivity index is 1.89. The number of esters is 1. The number of rotatable bonds is 4. The van der Waals surface area contributed by atoms with E-state index < -0.39 is 5.97 Å². The third-order valence-electron chi connectivity index (χ3n) is 3.65. The predicted octanol–water partition coefficient (Wildman–Crippen LogP) is 2.66. The minimum atomic E-state index is -0.462. The Morgan fingerprint density at radius 1 is 1.23 bits per heavy atom. The van der Waals surface area contributed by atoms with Gasteiger partial charge in [0.25, 0.3) is 5.56 Å². The molecule has 3 rings (SSSR count). The highest BCUT2D eigenvalue weighted by molar-refractivity contribution is 5.89. The van der Waals surface area contributed by atoms with Gasteiger partial charge in [0.2, 0.25) is 0 Å². The Morgan fingerprint density at radius 3 is 2.54 bits per heavy atom. The number of nitrogens with one attached hydrogen (secondary N) is 1. The van der Waals surface area contributed by atoms with Gasteiger partial charge in [-0.1, -0.05) is 12.1 Å². The maximum absolute atomic E-state index is 12.6. The molecule has 1 N–H and O–H groups in total. The average Bonchev–Trinajstić information content (AvgIpc) is 3.03. The molecular formula is C19H16N4O3. The fourth-order valence-corrected chi connectivity index (χ4v) is 2.39. The first-order valence-electron chi connectivity index (χ1n) is 7.98. The molecular weight excluding hydrogens is 332 g/mol. The van der Waals surface area contributed by atoms with Crippen molar-refractivity contribution in [2.24, 2.45) is 0 Å². The first kappa shape index (κ1) is 17.2. The number of hydrogen-bond donors (Lipinski definition) is 1. The molecule has 0 saturated carbocycles. The number of carbonyl (C=O) groups is 1. The van der Waals surface area contributed by atoms with Crippen molar-refractivity contribution in [1.29, 1.82) is 5.26 Å². The van der Waals surface area contributed by atoms with Crippen LogP contribution in [0.3, 0.4) is 0 Å². The predicted molar refractivity (Wildman–Crippen MR) is 94.9 cm³/mol. The number of carbonyl (C=O) groups excluding carboxylic acids is 1. The van der Waals surface area contributed by atoms with Crippen molar-refractivity contribution in [3.05, 3.63) is 70.3 Å². The van der Waals surface area contributed by atoms with Gasteiger partial charge < -0.3 is 4.74 Å². The van der Waals surface area contributed by atoms with E-state index in [1.807, 2.05) is 6.07 Å². The molecule has 7 heteroatoms. The number of aromatic amines is 1. The van der Waals surface area contributed by atoms with Crippen LogP contribution in [0.4, 0.5) is 0 Å². The zero-order chi connectivity index (χ0) is 18.7. The summed E-state index contributed by atoms with van der Waals surface area (Å²) in [6.07, 6.45) is 2.73. The van der Waals surface area contributed by atoms with Crippen molar-refractivity contribution < 1.29 is 9.53 Å². The number of H-pyrrole nitrogens is 1.